The van der Waals surface area contributed by atoms with Crippen molar-refractivity contribution < 1.29 is 4.79 Å². The van der Waals surface area contributed by atoms with Crippen LogP contribution < -0.4 is 10.2 Å². The van der Waals surface area contributed by atoms with Crippen LogP contribution in [0.4, 0.5) is 5.69 Å². The zero-order valence-electron chi connectivity index (χ0n) is 12.5. The molecule has 20 heavy (non-hydrogen) atoms. The van der Waals surface area contributed by atoms with E-state index >= 15 is 0 Å². The van der Waals surface area contributed by atoms with Crippen molar-refractivity contribution in [1.82, 2.24) is 5.32 Å². The quantitative estimate of drug-likeness (QED) is 0.835. The van der Waals surface area contributed by atoms with Crippen molar-refractivity contribution in [2.75, 3.05) is 18.5 Å². The van der Waals surface area contributed by atoms with Crippen molar-refractivity contribution in [1.29, 1.82) is 0 Å². The number of para-hydroxylation sites is 1. The van der Waals surface area contributed by atoms with Crippen molar-refractivity contribution in [2.45, 2.75) is 51.0 Å². The van der Waals surface area contributed by atoms with Crippen LogP contribution in [0.15, 0.2) is 30.3 Å². The number of amides is 1. The van der Waals surface area contributed by atoms with Crippen LogP contribution in [0.3, 0.4) is 0 Å². The first kappa shape index (κ1) is 15.0. The van der Waals surface area contributed by atoms with E-state index in [0.717, 1.165) is 12.2 Å². The number of carbonyl (C=O) groups is 1. The number of carbonyl (C=O) groups excluding carboxylic acids is 1. The van der Waals surface area contributed by atoms with Gasteiger partial charge in [-0.25, -0.2) is 0 Å². The molecule has 1 fully saturated rings. The lowest BCUT2D eigenvalue weighted by molar-refractivity contribution is -0.118. The van der Waals surface area contributed by atoms with E-state index in [1.165, 1.54) is 38.5 Å². The first-order valence-electron chi connectivity index (χ1n) is 7.82. The predicted octanol–water partition coefficient (Wildman–Crippen LogP) is 3.35. The summed E-state index contributed by atoms with van der Waals surface area (Å²) in [6, 6.07) is 10.4. The van der Waals surface area contributed by atoms with E-state index in [1.54, 1.807) is 4.90 Å². The Labute approximate surface area is 122 Å². The van der Waals surface area contributed by atoms with Crippen molar-refractivity contribution in [3.8, 4) is 0 Å². The molecule has 1 aromatic carbocycles. The lowest BCUT2D eigenvalue weighted by Crippen LogP contribution is -2.34. The van der Waals surface area contributed by atoms with Crippen molar-refractivity contribution in [3.63, 3.8) is 0 Å². The number of rotatable bonds is 5. The lowest BCUT2D eigenvalue weighted by atomic mass is 10.1. The molecule has 1 aliphatic rings. The molecule has 1 amide bonds. The predicted molar refractivity (Wildman–Crippen MR) is 84.0 cm³/mol. The van der Waals surface area contributed by atoms with E-state index < -0.39 is 0 Å². The highest BCUT2D eigenvalue weighted by Crippen LogP contribution is 2.17. The van der Waals surface area contributed by atoms with E-state index in [4.69, 9.17) is 0 Å². The summed E-state index contributed by atoms with van der Waals surface area (Å²) in [7, 11) is 1.85. The van der Waals surface area contributed by atoms with Crippen LogP contribution in [0.1, 0.15) is 44.9 Å². The first-order chi connectivity index (χ1) is 9.77. The second-order valence-electron chi connectivity index (χ2n) is 5.68. The van der Waals surface area contributed by atoms with E-state index in [1.807, 2.05) is 37.4 Å². The molecule has 0 aliphatic heterocycles. The molecule has 1 aromatic rings. The van der Waals surface area contributed by atoms with Gasteiger partial charge in [0.25, 0.3) is 0 Å². The zero-order chi connectivity index (χ0) is 14.2. The van der Waals surface area contributed by atoms with Crippen molar-refractivity contribution in [2.24, 2.45) is 0 Å². The molecule has 0 saturated heterocycles. The number of nitrogens with zero attached hydrogens (tertiary/aromatic N) is 1. The third-order valence-electron chi connectivity index (χ3n) is 4.14. The second-order valence-corrected chi connectivity index (χ2v) is 5.68. The van der Waals surface area contributed by atoms with Gasteiger partial charge in [-0.2, -0.15) is 0 Å². The number of nitrogens with one attached hydrogen (secondary N) is 1. The minimum absolute atomic E-state index is 0.178. The van der Waals surface area contributed by atoms with Gasteiger partial charge in [0.2, 0.25) is 5.91 Å². The van der Waals surface area contributed by atoms with Gasteiger partial charge in [0, 0.05) is 31.7 Å². The molecule has 0 bridgehead atoms. The van der Waals surface area contributed by atoms with Gasteiger partial charge in [-0.05, 0) is 25.0 Å². The van der Waals surface area contributed by atoms with Gasteiger partial charge < -0.3 is 10.2 Å². The molecular formula is C17H26N2O. The summed E-state index contributed by atoms with van der Waals surface area (Å²) < 4.78 is 0. The van der Waals surface area contributed by atoms with Crippen molar-refractivity contribution in [3.05, 3.63) is 30.3 Å². The molecule has 110 valence electrons. The Morgan fingerprint density at radius 2 is 1.80 bits per heavy atom. The normalized spacial score (nSPS) is 16.6. The van der Waals surface area contributed by atoms with E-state index in [9.17, 15) is 4.79 Å². The highest BCUT2D eigenvalue weighted by molar-refractivity contribution is 5.92. The molecular weight excluding hydrogens is 248 g/mol. The van der Waals surface area contributed by atoms with Crippen LogP contribution in [0.25, 0.3) is 0 Å². The molecule has 0 aromatic heterocycles. The summed E-state index contributed by atoms with van der Waals surface area (Å²) in [6.45, 7) is 0.792. The third kappa shape index (κ3) is 4.64. The van der Waals surface area contributed by atoms with Crippen LogP contribution >= 0.6 is 0 Å². The van der Waals surface area contributed by atoms with E-state index in [2.05, 4.69) is 5.32 Å². The van der Waals surface area contributed by atoms with Crippen LogP contribution in [0.5, 0.6) is 0 Å². The van der Waals surface area contributed by atoms with E-state index in [0.29, 0.717) is 12.5 Å². The SMILES string of the molecule is CN(C(=O)CCNC1CCCCCC1)c1ccccc1. The van der Waals surface area contributed by atoms with Crippen molar-refractivity contribution >= 4 is 11.6 Å². The second kappa shape index (κ2) is 8.05. The Balaban J connectivity index is 1.72. The number of benzene rings is 1. The first-order valence-corrected chi connectivity index (χ1v) is 7.82. The molecule has 1 saturated carbocycles. The fourth-order valence-electron chi connectivity index (χ4n) is 2.83. The molecule has 2 rings (SSSR count). The van der Waals surface area contributed by atoms with Gasteiger partial charge in [0.1, 0.15) is 0 Å². The lowest BCUT2D eigenvalue weighted by Gasteiger charge is -2.19. The molecule has 1 aliphatic carbocycles. The summed E-state index contributed by atoms with van der Waals surface area (Å²) in [5.41, 5.74) is 0.965. The van der Waals surface area contributed by atoms with E-state index in [-0.39, 0.29) is 5.91 Å². The average Bonchev–Trinajstić information content (AvgIpc) is 2.76. The van der Waals surface area contributed by atoms with Crippen LogP contribution in [-0.2, 0) is 4.79 Å². The zero-order valence-corrected chi connectivity index (χ0v) is 12.5. The molecule has 0 atom stereocenters. The van der Waals surface area contributed by atoms with Crippen LogP contribution in [0, 0.1) is 0 Å². The van der Waals surface area contributed by atoms with Gasteiger partial charge in [0.15, 0.2) is 0 Å². The van der Waals surface area contributed by atoms with Gasteiger partial charge in [-0.3, -0.25) is 4.79 Å². The topological polar surface area (TPSA) is 32.3 Å². The maximum Gasteiger partial charge on any atom is 0.227 e. The average molecular weight is 274 g/mol. The van der Waals surface area contributed by atoms with Gasteiger partial charge in [-0.1, -0.05) is 43.9 Å². The Morgan fingerprint density at radius 1 is 1.15 bits per heavy atom. The van der Waals surface area contributed by atoms with Gasteiger partial charge >= 0.3 is 0 Å². The summed E-state index contributed by atoms with van der Waals surface area (Å²) in [4.78, 5) is 13.9. The Bertz CT molecular complexity index is 397. The largest absolute Gasteiger partial charge is 0.315 e. The maximum absolute atomic E-state index is 12.1. The molecule has 0 radical (unpaired) electrons. The maximum atomic E-state index is 12.1. The minimum atomic E-state index is 0.178. The Hall–Kier alpha value is -1.35. The fourth-order valence-corrected chi connectivity index (χ4v) is 2.83. The van der Waals surface area contributed by atoms with Gasteiger partial charge in [0.05, 0.1) is 0 Å². The Kier molecular flexibility index (Phi) is 6.06. The number of anilines is 1. The summed E-state index contributed by atoms with van der Waals surface area (Å²) >= 11 is 0. The third-order valence-corrected chi connectivity index (χ3v) is 4.14. The summed E-state index contributed by atoms with van der Waals surface area (Å²) in [5.74, 6) is 0.178. The monoisotopic (exact) mass is 274 g/mol. The smallest absolute Gasteiger partial charge is 0.227 e. The molecule has 0 unspecified atom stereocenters. The summed E-state index contributed by atoms with van der Waals surface area (Å²) in [5, 5.41) is 3.55. The number of hydrogen-bond donors (Lipinski definition) is 1. The minimum Gasteiger partial charge on any atom is -0.315 e. The molecule has 1 N–H and O–H groups in total. The molecule has 3 nitrogen and oxygen atoms in total. The highest BCUT2D eigenvalue weighted by Gasteiger charge is 2.13. The molecule has 3 heteroatoms. The molecule has 0 spiro atoms. The van der Waals surface area contributed by atoms with Crippen LogP contribution in [-0.4, -0.2) is 25.5 Å². The molecule has 0 heterocycles. The Morgan fingerprint density at radius 3 is 2.45 bits per heavy atom. The fraction of sp³-hybridized carbons (Fsp3) is 0.588. The van der Waals surface area contributed by atoms with Gasteiger partial charge in [-0.15, -0.1) is 0 Å². The highest BCUT2D eigenvalue weighted by atomic mass is 16.2. The number of hydrogen-bond acceptors (Lipinski definition) is 2. The summed E-state index contributed by atoms with van der Waals surface area (Å²) in [6.07, 6.45) is 8.50. The van der Waals surface area contributed by atoms with Crippen LogP contribution in [0.2, 0.25) is 0 Å². The standard InChI is InChI=1S/C17H26N2O/c1-19(16-11-7-4-8-12-16)17(20)13-14-18-15-9-5-2-3-6-10-15/h4,7-8,11-12,15,18H,2-3,5-6,9-10,13-14H2,1H3.